The number of carbonyl (C=O) groups excluding carboxylic acids is 1. The van der Waals surface area contributed by atoms with Gasteiger partial charge in [0.2, 0.25) is 0 Å². The topological polar surface area (TPSA) is 56.5 Å². The van der Waals surface area contributed by atoms with E-state index in [2.05, 4.69) is 0 Å². The first kappa shape index (κ1) is 15.1. The number of rotatable bonds is 2. The van der Waals surface area contributed by atoms with Crippen molar-refractivity contribution in [3.63, 3.8) is 0 Å². The predicted octanol–water partition coefficient (Wildman–Crippen LogP) is 3.69. The Morgan fingerprint density at radius 3 is 2.73 bits per heavy atom. The molecule has 0 aliphatic carbocycles. The van der Waals surface area contributed by atoms with E-state index in [1.165, 1.54) is 6.07 Å². The van der Waals surface area contributed by atoms with E-state index in [1.807, 2.05) is 0 Å². The van der Waals surface area contributed by atoms with E-state index in [9.17, 15) is 9.59 Å². The Balaban J connectivity index is 1.89. The van der Waals surface area contributed by atoms with Crippen LogP contribution in [-0.4, -0.2) is 12.4 Å². The molecule has 0 radical (unpaired) electrons. The minimum absolute atomic E-state index is 0.135. The van der Waals surface area contributed by atoms with E-state index in [0.717, 1.165) is 0 Å². The van der Waals surface area contributed by atoms with Gasteiger partial charge >= 0.3 is 5.63 Å². The molecule has 6 heteroatoms. The van der Waals surface area contributed by atoms with E-state index in [1.54, 1.807) is 25.1 Å². The number of ketones is 1. The number of hydrogen-bond acceptors (Lipinski definition) is 4. The smallest absolute Gasteiger partial charge is 0.342 e. The molecule has 0 bridgehead atoms. The molecule has 4 nitrogen and oxygen atoms in total. The van der Waals surface area contributed by atoms with E-state index in [-0.39, 0.29) is 18.8 Å². The van der Waals surface area contributed by atoms with Crippen LogP contribution in [0.25, 0.3) is 0 Å². The van der Waals surface area contributed by atoms with Crippen molar-refractivity contribution in [1.29, 1.82) is 0 Å². The third-order valence-electron chi connectivity index (χ3n) is 3.60. The molecule has 0 saturated heterocycles. The van der Waals surface area contributed by atoms with Gasteiger partial charge in [0.1, 0.15) is 11.5 Å². The Morgan fingerprint density at radius 2 is 2.00 bits per heavy atom. The number of benzene rings is 1. The largest absolute Gasteiger partial charge is 0.492 e. The Hall–Kier alpha value is -1.78. The normalized spacial score (nSPS) is 16.8. The summed E-state index contributed by atoms with van der Waals surface area (Å²) in [6, 6.07) is 6.38. The SMILES string of the molecule is Cc1cc2c(c(=O)o1)CC(C(=O)c1ccc(Cl)c(Cl)c1)CO2. The number of halogens is 2. The van der Waals surface area contributed by atoms with Crippen LogP contribution in [0, 0.1) is 12.8 Å². The lowest BCUT2D eigenvalue weighted by atomic mass is 9.90. The van der Waals surface area contributed by atoms with Crippen molar-refractivity contribution in [2.45, 2.75) is 13.3 Å². The minimum Gasteiger partial charge on any atom is -0.492 e. The van der Waals surface area contributed by atoms with Gasteiger partial charge in [-0.3, -0.25) is 4.79 Å². The van der Waals surface area contributed by atoms with Gasteiger partial charge in [0.25, 0.3) is 0 Å². The molecular formula is C16H12Cl2O4. The highest BCUT2D eigenvalue weighted by Gasteiger charge is 2.29. The number of hydrogen-bond donors (Lipinski definition) is 0. The fourth-order valence-electron chi connectivity index (χ4n) is 2.47. The van der Waals surface area contributed by atoms with Crippen molar-refractivity contribution in [2.24, 2.45) is 5.92 Å². The third kappa shape index (κ3) is 2.76. The van der Waals surface area contributed by atoms with Crippen molar-refractivity contribution >= 4 is 29.0 Å². The molecule has 2 heterocycles. The maximum atomic E-state index is 12.5. The monoisotopic (exact) mass is 338 g/mol. The molecule has 114 valence electrons. The zero-order chi connectivity index (χ0) is 15.9. The number of Topliss-reactive ketones (excluding diaryl/α,β-unsaturated/α-hetero) is 1. The summed E-state index contributed by atoms with van der Waals surface area (Å²) in [6.07, 6.45) is 0.289. The van der Waals surface area contributed by atoms with Crippen LogP contribution in [0.3, 0.4) is 0 Å². The fourth-order valence-corrected chi connectivity index (χ4v) is 2.77. The summed E-state index contributed by atoms with van der Waals surface area (Å²) in [5.41, 5.74) is 0.389. The van der Waals surface area contributed by atoms with Crippen LogP contribution < -0.4 is 10.4 Å². The molecule has 0 amide bonds. The molecule has 22 heavy (non-hydrogen) atoms. The van der Waals surface area contributed by atoms with Crippen LogP contribution in [0.5, 0.6) is 5.75 Å². The van der Waals surface area contributed by atoms with Crippen molar-refractivity contribution in [2.75, 3.05) is 6.61 Å². The van der Waals surface area contributed by atoms with Gasteiger partial charge < -0.3 is 9.15 Å². The first-order valence-electron chi connectivity index (χ1n) is 6.71. The number of ether oxygens (including phenoxy) is 1. The first-order chi connectivity index (χ1) is 10.5. The second-order valence-electron chi connectivity index (χ2n) is 5.19. The van der Waals surface area contributed by atoms with E-state index < -0.39 is 11.5 Å². The van der Waals surface area contributed by atoms with Gasteiger partial charge in [-0.05, 0) is 31.5 Å². The lowest BCUT2D eigenvalue weighted by Gasteiger charge is -2.23. The molecule has 1 aromatic carbocycles. The van der Waals surface area contributed by atoms with Gasteiger partial charge in [0.15, 0.2) is 5.78 Å². The zero-order valence-electron chi connectivity index (χ0n) is 11.7. The standard InChI is InChI=1S/C16H12Cl2O4/c1-8-4-14-11(16(20)22-8)5-10(7-21-14)15(19)9-2-3-12(17)13(18)6-9/h2-4,6,10H,5,7H2,1H3. The maximum Gasteiger partial charge on any atom is 0.342 e. The highest BCUT2D eigenvalue weighted by molar-refractivity contribution is 6.42. The molecule has 1 atom stereocenters. The van der Waals surface area contributed by atoms with Crippen LogP contribution in [0.15, 0.2) is 33.5 Å². The Labute approximate surface area is 136 Å². The molecular weight excluding hydrogens is 327 g/mol. The first-order valence-corrected chi connectivity index (χ1v) is 7.47. The van der Waals surface area contributed by atoms with Gasteiger partial charge in [-0.25, -0.2) is 4.79 Å². The molecule has 3 rings (SSSR count). The van der Waals surface area contributed by atoms with E-state index in [4.69, 9.17) is 32.4 Å². The third-order valence-corrected chi connectivity index (χ3v) is 4.34. The summed E-state index contributed by atoms with van der Waals surface area (Å²) in [6.45, 7) is 1.90. The van der Waals surface area contributed by atoms with Crippen LogP contribution in [-0.2, 0) is 6.42 Å². The second-order valence-corrected chi connectivity index (χ2v) is 6.01. The molecule has 1 aromatic heterocycles. The lowest BCUT2D eigenvalue weighted by molar-refractivity contribution is 0.0852. The summed E-state index contributed by atoms with van der Waals surface area (Å²) in [7, 11) is 0. The summed E-state index contributed by atoms with van der Waals surface area (Å²) in [4.78, 5) is 24.4. The highest BCUT2D eigenvalue weighted by atomic mass is 35.5. The van der Waals surface area contributed by atoms with Crippen LogP contribution in [0.2, 0.25) is 10.0 Å². The van der Waals surface area contributed by atoms with Crippen molar-refractivity contribution in [1.82, 2.24) is 0 Å². The quantitative estimate of drug-likeness (QED) is 0.783. The zero-order valence-corrected chi connectivity index (χ0v) is 13.2. The molecule has 0 spiro atoms. The average Bonchev–Trinajstić information content (AvgIpc) is 2.49. The molecule has 0 N–H and O–H groups in total. The molecule has 1 aliphatic rings. The number of carbonyl (C=O) groups is 1. The van der Waals surface area contributed by atoms with Crippen LogP contribution >= 0.6 is 23.2 Å². The Kier molecular flexibility index (Phi) is 3.98. The summed E-state index contributed by atoms with van der Waals surface area (Å²) < 4.78 is 10.6. The van der Waals surface area contributed by atoms with Crippen LogP contribution in [0.1, 0.15) is 21.7 Å². The summed E-state index contributed by atoms with van der Waals surface area (Å²) >= 11 is 11.8. The summed E-state index contributed by atoms with van der Waals surface area (Å²) in [5, 5.41) is 0.708. The predicted molar refractivity (Wildman–Crippen MR) is 83.2 cm³/mol. The highest BCUT2D eigenvalue weighted by Crippen LogP contribution is 2.29. The van der Waals surface area contributed by atoms with Gasteiger partial charge in [0, 0.05) is 11.6 Å². The van der Waals surface area contributed by atoms with Crippen LogP contribution in [0.4, 0.5) is 0 Å². The maximum absolute atomic E-state index is 12.5. The number of fused-ring (bicyclic) bond motifs is 1. The average molecular weight is 339 g/mol. The molecule has 2 aromatic rings. The van der Waals surface area contributed by atoms with E-state index >= 15 is 0 Å². The van der Waals surface area contributed by atoms with Gasteiger partial charge in [-0.1, -0.05) is 23.2 Å². The van der Waals surface area contributed by atoms with Crippen molar-refractivity contribution in [3.8, 4) is 5.75 Å². The second kappa shape index (κ2) is 5.78. The molecule has 0 saturated carbocycles. The van der Waals surface area contributed by atoms with Gasteiger partial charge in [-0.2, -0.15) is 0 Å². The molecule has 1 aliphatic heterocycles. The van der Waals surface area contributed by atoms with E-state index in [0.29, 0.717) is 32.7 Å². The Bertz CT molecular complexity index is 810. The molecule has 1 unspecified atom stereocenters. The minimum atomic E-state index is -0.457. The van der Waals surface area contributed by atoms with Crippen molar-refractivity contribution < 1.29 is 13.9 Å². The van der Waals surface area contributed by atoms with Crippen molar-refractivity contribution in [3.05, 3.63) is 61.6 Å². The number of aryl methyl sites for hydroxylation is 1. The Morgan fingerprint density at radius 1 is 1.23 bits per heavy atom. The fraction of sp³-hybridized carbons (Fsp3) is 0.250. The summed E-state index contributed by atoms with van der Waals surface area (Å²) in [5.74, 6) is 0.393. The lowest BCUT2D eigenvalue weighted by Crippen LogP contribution is -2.31. The van der Waals surface area contributed by atoms with Gasteiger partial charge in [0.05, 0.1) is 28.1 Å². The molecule has 0 fully saturated rings. The van der Waals surface area contributed by atoms with Gasteiger partial charge in [-0.15, -0.1) is 0 Å².